The smallest absolute Gasteiger partial charge is 0.344 e. The van der Waals surface area contributed by atoms with Crippen molar-refractivity contribution in [3.8, 4) is 11.1 Å². The summed E-state index contributed by atoms with van der Waals surface area (Å²) in [6.07, 6.45) is 0. The number of benzene rings is 2. The number of carbonyl (C=O) groups is 2. The molecule has 0 aliphatic heterocycles. The summed E-state index contributed by atoms with van der Waals surface area (Å²) in [4.78, 5) is 25.2. The molecule has 8 nitrogen and oxygen atoms in total. The van der Waals surface area contributed by atoms with Crippen molar-refractivity contribution < 1.29 is 27.9 Å². The molecule has 2 aromatic carbocycles. The van der Waals surface area contributed by atoms with Crippen LogP contribution in [0.2, 0.25) is 5.02 Å². The lowest BCUT2D eigenvalue weighted by Gasteiger charge is -2.08. The standard InChI is InChI=1S/C22H19ClN2O6/c1-3-28-21(26)15-12-9-13-16(17(20(25)30-13)22(27)29-4-2)14(18(12)31-19(15)24)10-5-7-11(23)8-6-10/h5-9H,3-4,24-25H2,1-2H3. The summed E-state index contributed by atoms with van der Waals surface area (Å²) in [6.45, 7) is 3.70. The van der Waals surface area contributed by atoms with Crippen molar-refractivity contribution in [3.63, 3.8) is 0 Å². The topological polar surface area (TPSA) is 131 Å². The summed E-state index contributed by atoms with van der Waals surface area (Å²) in [5.41, 5.74) is 13.9. The highest BCUT2D eigenvalue weighted by Gasteiger charge is 2.30. The summed E-state index contributed by atoms with van der Waals surface area (Å²) >= 11 is 6.05. The fourth-order valence-electron chi connectivity index (χ4n) is 3.56. The van der Waals surface area contributed by atoms with Crippen LogP contribution in [-0.4, -0.2) is 25.2 Å². The van der Waals surface area contributed by atoms with E-state index in [-0.39, 0.29) is 47.3 Å². The van der Waals surface area contributed by atoms with Gasteiger partial charge in [-0.1, -0.05) is 23.7 Å². The van der Waals surface area contributed by atoms with E-state index in [1.165, 1.54) is 0 Å². The summed E-state index contributed by atoms with van der Waals surface area (Å²) < 4.78 is 21.8. The SMILES string of the molecule is CCOC(=O)c1c(N)oc2c(-c3ccc(Cl)cc3)c3c(C(=O)OCC)c(N)oc3cc12. The van der Waals surface area contributed by atoms with Crippen molar-refractivity contribution >= 4 is 57.2 Å². The third-order valence-corrected chi connectivity index (χ3v) is 5.03. The third-order valence-electron chi connectivity index (χ3n) is 4.78. The number of fused-ring (bicyclic) bond motifs is 2. The average molecular weight is 443 g/mol. The monoisotopic (exact) mass is 442 g/mol. The number of halogens is 1. The fraction of sp³-hybridized carbons (Fsp3) is 0.182. The quantitative estimate of drug-likeness (QED) is 0.412. The largest absolute Gasteiger partial charge is 0.462 e. The summed E-state index contributed by atoms with van der Waals surface area (Å²) in [6, 6.07) is 8.42. The van der Waals surface area contributed by atoms with E-state index in [0.717, 1.165) is 0 Å². The van der Waals surface area contributed by atoms with Crippen LogP contribution in [-0.2, 0) is 9.47 Å². The van der Waals surface area contributed by atoms with Crippen LogP contribution < -0.4 is 11.5 Å². The molecule has 31 heavy (non-hydrogen) atoms. The molecule has 2 aromatic heterocycles. The van der Waals surface area contributed by atoms with Crippen molar-refractivity contribution in [1.82, 2.24) is 0 Å². The van der Waals surface area contributed by atoms with Crippen molar-refractivity contribution in [3.05, 3.63) is 46.5 Å². The molecule has 0 amide bonds. The fourth-order valence-corrected chi connectivity index (χ4v) is 3.68. The van der Waals surface area contributed by atoms with Gasteiger partial charge in [-0.05, 0) is 37.6 Å². The van der Waals surface area contributed by atoms with Crippen LogP contribution in [0.15, 0.2) is 39.2 Å². The zero-order chi connectivity index (χ0) is 22.3. The van der Waals surface area contributed by atoms with Gasteiger partial charge in [0.25, 0.3) is 0 Å². The maximum atomic E-state index is 12.7. The molecule has 160 valence electrons. The second-order valence-electron chi connectivity index (χ2n) is 6.63. The van der Waals surface area contributed by atoms with Gasteiger partial charge >= 0.3 is 11.9 Å². The summed E-state index contributed by atoms with van der Waals surface area (Å²) in [5, 5.41) is 1.28. The molecular formula is C22H19ClN2O6. The first-order valence-electron chi connectivity index (χ1n) is 9.54. The lowest BCUT2D eigenvalue weighted by molar-refractivity contribution is 0.0519. The predicted octanol–water partition coefficient (Wildman–Crippen LogP) is 5.02. The molecule has 4 N–H and O–H groups in total. The minimum absolute atomic E-state index is 0.0661. The Bertz CT molecular complexity index is 1320. The number of nitrogen functional groups attached to an aromatic ring is 2. The molecule has 0 unspecified atom stereocenters. The Morgan fingerprint density at radius 3 is 2.13 bits per heavy atom. The third kappa shape index (κ3) is 3.34. The van der Waals surface area contributed by atoms with Gasteiger partial charge in [-0.15, -0.1) is 0 Å². The van der Waals surface area contributed by atoms with Gasteiger partial charge in [-0.2, -0.15) is 0 Å². The summed E-state index contributed by atoms with van der Waals surface area (Å²) in [5.74, 6) is -1.49. The maximum Gasteiger partial charge on any atom is 0.344 e. The number of carbonyl (C=O) groups excluding carboxylic acids is 2. The van der Waals surface area contributed by atoms with E-state index in [2.05, 4.69) is 0 Å². The number of anilines is 2. The molecule has 9 heteroatoms. The van der Waals surface area contributed by atoms with Gasteiger partial charge in [0.2, 0.25) is 11.8 Å². The molecule has 0 saturated heterocycles. The van der Waals surface area contributed by atoms with Crippen LogP contribution in [0.25, 0.3) is 33.1 Å². The minimum Gasteiger partial charge on any atom is -0.462 e. The number of esters is 2. The molecule has 2 heterocycles. The van der Waals surface area contributed by atoms with E-state index in [1.807, 2.05) is 0 Å². The molecule has 0 saturated carbocycles. The number of hydrogen-bond acceptors (Lipinski definition) is 8. The molecule has 0 aliphatic rings. The van der Waals surface area contributed by atoms with E-state index in [0.29, 0.717) is 26.9 Å². The Balaban J connectivity index is 2.15. The lowest BCUT2D eigenvalue weighted by atomic mass is 9.96. The van der Waals surface area contributed by atoms with E-state index in [4.69, 9.17) is 41.4 Å². The van der Waals surface area contributed by atoms with Gasteiger partial charge < -0.3 is 29.8 Å². The first-order valence-corrected chi connectivity index (χ1v) is 9.92. The highest BCUT2D eigenvalue weighted by Crippen LogP contribution is 2.45. The molecule has 0 fully saturated rings. The van der Waals surface area contributed by atoms with E-state index >= 15 is 0 Å². The van der Waals surface area contributed by atoms with Gasteiger partial charge in [0.05, 0.1) is 13.2 Å². The first kappa shape index (κ1) is 20.6. The highest BCUT2D eigenvalue weighted by atomic mass is 35.5. The zero-order valence-electron chi connectivity index (χ0n) is 16.8. The van der Waals surface area contributed by atoms with E-state index in [1.54, 1.807) is 44.2 Å². The number of rotatable bonds is 5. The Morgan fingerprint density at radius 2 is 1.52 bits per heavy atom. The van der Waals surface area contributed by atoms with Crippen LogP contribution in [0, 0.1) is 0 Å². The summed E-state index contributed by atoms with van der Waals surface area (Å²) in [7, 11) is 0. The normalized spacial score (nSPS) is 11.2. The number of nitrogens with two attached hydrogens (primary N) is 2. The van der Waals surface area contributed by atoms with Crippen LogP contribution in [0.1, 0.15) is 34.6 Å². The second kappa shape index (κ2) is 7.88. The maximum absolute atomic E-state index is 12.7. The van der Waals surface area contributed by atoms with Gasteiger partial charge in [-0.3, -0.25) is 0 Å². The van der Waals surface area contributed by atoms with Gasteiger partial charge in [0.1, 0.15) is 22.3 Å². The Labute approximate surface area is 181 Å². The first-order chi connectivity index (χ1) is 14.9. The van der Waals surface area contributed by atoms with E-state index < -0.39 is 11.9 Å². The second-order valence-corrected chi connectivity index (χ2v) is 7.07. The molecule has 0 aliphatic carbocycles. The number of ether oxygens (including phenoxy) is 2. The molecule has 0 spiro atoms. The Kier molecular flexibility index (Phi) is 5.24. The van der Waals surface area contributed by atoms with E-state index in [9.17, 15) is 9.59 Å². The predicted molar refractivity (Wildman–Crippen MR) is 117 cm³/mol. The van der Waals surface area contributed by atoms with Gasteiger partial charge in [0.15, 0.2) is 0 Å². The van der Waals surface area contributed by atoms with Crippen molar-refractivity contribution in [2.24, 2.45) is 0 Å². The lowest BCUT2D eigenvalue weighted by Crippen LogP contribution is -2.07. The Hall–Kier alpha value is -3.65. The molecule has 4 rings (SSSR count). The number of hydrogen-bond donors (Lipinski definition) is 2. The van der Waals surface area contributed by atoms with Crippen LogP contribution in [0.4, 0.5) is 11.8 Å². The van der Waals surface area contributed by atoms with Gasteiger partial charge in [-0.25, -0.2) is 9.59 Å². The van der Waals surface area contributed by atoms with Crippen LogP contribution in [0.5, 0.6) is 0 Å². The van der Waals surface area contributed by atoms with Crippen LogP contribution in [0.3, 0.4) is 0 Å². The molecular weight excluding hydrogens is 424 g/mol. The van der Waals surface area contributed by atoms with Crippen LogP contribution >= 0.6 is 11.6 Å². The van der Waals surface area contributed by atoms with Crippen molar-refractivity contribution in [1.29, 1.82) is 0 Å². The van der Waals surface area contributed by atoms with Gasteiger partial charge in [0, 0.05) is 21.4 Å². The highest BCUT2D eigenvalue weighted by molar-refractivity contribution is 6.30. The number of furan rings is 2. The Morgan fingerprint density at radius 1 is 0.935 bits per heavy atom. The zero-order valence-corrected chi connectivity index (χ0v) is 17.5. The molecule has 0 atom stereocenters. The van der Waals surface area contributed by atoms with Crippen molar-refractivity contribution in [2.75, 3.05) is 24.7 Å². The van der Waals surface area contributed by atoms with Crippen molar-refractivity contribution in [2.45, 2.75) is 13.8 Å². The molecule has 0 radical (unpaired) electrons. The minimum atomic E-state index is -0.640. The average Bonchev–Trinajstić information content (AvgIpc) is 3.22. The molecule has 0 bridgehead atoms. The molecule has 4 aromatic rings.